The van der Waals surface area contributed by atoms with E-state index in [-0.39, 0.29) is 0 Å². The fraction of sp³-hybridized carbons (Fsp3) is 0.154. The number of fused-ring (bicyclic) bond motifs is 1. The maximum Gasteiger partial charge on any atom is 0.124 e. The van der Waals surface area contributed by atoms with Crippen molar-refractivity contribution >= 4 is 17.1 Å². The molecule has 0 amide bonds. The molecule has 0 radical (unpaired) electrons. The normalized spacial score (nSPS) is 10.4. The minimum atomic E-state index is 0.511. The van der Waals surface area contributed by atoms with Crippen LogP contribution in [0.15, 0.2) is 36.4 Å². The Morgan fingerprint density at radius 3 is 2.71 bits per heavy atom. The monoisotopic (exact) mass is 184 g/mol. The molecule has 1 nitrogen and oxygen atoms in total. The lowest BCUT2D eigenvalue weighted by molar-refractivity contribution is -0.107. The Balaban J connectivity index is 2.68. The Morgan fingerprint density at radius 2 is 1.93 bits per heavy atom. The molecule has 0 heterocycles. The molecule has 0 fully saturated rings. The van der Waals surface area contributed by atoms with Gasteiger partial charge in [-0.05, 0) is 28.8 Å². The van der Waals surface area contributed by atoms with E-state index in [1.54, 1.807) is 0 Å². The highest BCUT2D eigenvalue weighted by Crippen LogP contribution is 2.21. The second kappa shape index (κ2) is 3.62. The van der Waals surface area contributed by atoms with Crippen LogP contribution < -0.4 is 0 Å². The van der Waals surface area contributed by atoms with Crippen LogP contribution in [0.3, 0.4) is 0 Å². The van der Waals surface area contributed by atoms with Gasteiger partial charge in [-0.25, -0.2) is 0 Å². The summed E-state index contributed by atoms with van der Waals surface area (Å²) in [4.78, 5) is 10.5. The second-order valence-corrected chi connectivity index (χ2v) is 3.44. The van der Waals surface area contributed by atoms with E-state index >= 15 is 0 Å². The number of hydrogen-bond acceptors (Lipinski definition) is 1. The quantitative estimate of drug-likeness (QED) is 0.656. The van der Waals surface area contributed by atoms with Crippen molar-refractivity contribution in [1.82, 2.24) is 0 Å². The molecular formula is C13H12O. The summed E-state index contributed by atoms with van der Waals surface area (Å²) in [6.07, 6.45) is 1.47. The third-order valence-corrected chi connectivity index (χ3v) is 2.61. The topological polar surface area (TPSA) is 17.1 Å². The molecule has 0 atom stereocenters. The van der Waals surface area contributed by atoms with E-state index in [1.807, 2.05) is 18.2 Å². The average Bonchev–Trinajstić information content (AvgIpc) is 2.23. The molecule has 0 bridgehead atoms. The van der Waals surface area contributed by atoms with Crippen molar-refractivity contribution in [2.24, 2.45) is 0 Å². The van der Waals surface area contributed by atoms with Crippen molar-refractivity contribution in [2.75, 3.05) is 0 Å². The van der Waals surface area contributed by atoms with E-state index in [1.165, 1.54) is 16.3 Å². The van der Waals surface area contributed by atoms with Gasteiger partial charge in [-0.3, -0.25) is 0 Å². The number of rotatable bonds is 2. The smallest absolute Gasteiger partial charge is 0.124 e. The first-order valence-electron chi connectivity index (χ1n) is 4.74. The number of benzene rings is 2. The molecular weight excluding hydrogens is 172 g/mol. The zero-order valence-corrected chi connectivity index (χ0v) is 8.16. The molecule has 0 saturated carbocycles. The summed E-state index contributed by atoms with van der Waals surface area (Å²) in [6, 6.07) is 12.3. The average molecular weight is 184 g/mol. The summed E-state index contributed by atoms with van der Waals surface area (Å²) in [5.74, 6) is 0. The fourth-order valence-electron chi connectivity index (χ4n) is 1.78. The van der Waals surface area contributed by atoms with Crippen LogP contribution >= 0.6 is 0 Å². The molecule has 0 aliphatic heterocycles. The van der Waals surface area contributed by atoms with Crippen molar-refractivity contribution in [3.63, 3.8) is 0 Å². The van der Waals surface area contributed by atoms with Crippen molar-refractivity contribution < 1.29 is 4.79 Å². The Morgan fingerprint density at radius 1 is 1.14 bits per heavy atom. The van der Waals surface area contributed by atoms with Crippen molar-refractivity contribution in [3.8, 4) is 0 Å². The van der Waals surface area contributed by atoms with Crippen molar-refractivity contribution in [2.45, 2.75) is 13.3 Å². The van der Waals surface area contributed by atoms with Gasteiger partial charge in [0.2, 0.25) is 0 Å². The summed E-state index contributed by atoms with van der Waals surface area (Å²) in [5, 5.41) is 2.48. The third kappa shape index (κ3) is 1.41. The summed E-state index contributed by atoms with van der Waals surface area (Å²) < 4.78 is 0. The second-order valence-electron chi connectivity index (χ2n) is 3.44. The van der Waals surface area contributed by atoms with E-state index in [0.717, 1.165) is 11.8 Å². The summed E-state index contributed by atoms with van der Waals surface area (Å²) >= 11 is 0. The van der Waals surface area contributed by atoms with Gasteiger partial charge >= 0.3 is 0 Å². The lowest BCUT2D eigenvalue weighted by Gasteiger charge is -2.06. The highest BCUT2D eigenvalue weighted by atomic mass is 16.1. The highest BCUT2D eigenvalue weighted by Gasteiger charge is 2.01. The molecule has 2 aromatic carbocycles. The number of hydrogen-bond donors (Lipinski definition) is 0. The first-order chi connectivity index (χ1) is 6.83. The van der Waals surface area contributed by atoms with E-state index < -0.39 is 0 Å². The maximum absolute atomic E-state index is 10.5. The lowest BCUT2D eigenvalue weighted by Crippen LogP contribution is -1.91. The van der Waals surface area contributed by atoms with Crippen LogP contribution in [0.5, 0.6) is 0 Å². The highest BCUT2D eigenvalue weighted by molar-refractivity contribution is 5.87. The molecule has 0 saturated heterocycles. The van der Waals surface area contributed by atoms with E-state index in [2.05, 4.69) is 25.1 Å². The minimum Gasteiger partial charge on any atom is -0.303 e. The van der Waals surface area contributed by atoms with Gasteiger partial charge in [0, 0.05) is 6.42 Å². The van der Waals surface area contributed by atoms with Gasteiger partial charge in [-0.1, -0.05) is 36.4 Å². The largest absolute Gasteiger partial charge is 0.303 e. The Labute approximate surface area is 83.4 Å². The Kier molecular flexibility index (Phi) is 2.32. The predicted molar refractivity (Wildman–Crippen MR) is 58.5 cm³/mol. The first kappa shape index (κ1) is 8.95. The van der Waals surface area contributed by atoms with Gasteiger partial charge in [-0.15, -0.1) is 0 Å². The van der Waals surface area contributed by atoms with Crippen molar-refractivity contribution in [1.29, 1.82) is 0 Å². The van der Waals surface area contributed by atoms with Crippen LogP contribution in [-0.4, -0.2) is 6.29 Å². The van der Waals surface area contributed by atoms with Gasteiger partial charge in [0.1, 0.15) is 6.29 Å². The number of aryl methyl sites for hydroxylation is 1. The third-order valence-electron chi connectivity index (χ3n) is 2.61. The van der Waals surface area contributed by atoms with Gasteiger partial charge in [0.15, 0.2) is 0 Å². The van der Waals surface area contributed by atoms with Crippen LogP contribution in [0.1, 0.15) is 11.1 Å². The molecule has 0 unspecified atom stereocenters. The van der Waals surface area contributed by atoms with Crippen LogP contribution in [0.25, 0.3) is 10.8 Å². The molecule has 0 aliphatic carbocycles. The fourth-order valence-corrected chi connectivity index (χ4v) is 1.78. The van der Waals surface area contributed by atoms with E-state index in [4.69, 9.17) is 0 Å². The number of aldehydes is 1. The molecule has 0 aliphatic rings. The zero-order valence-electron chi connectivity index (χ0n) is 8.16. The SMILES string of the molecule is Cc1c(CC=O)ccc2ccccc12. The molecule has 1 heteroatoms. The molecule has 2 aromatic rings. The van der Waals surface area contributed by atoms with E-state index in [9.17, 15) is 4.79 Å². The lowest BCUT2D eigenvalue weighted by atomic mass is 9.99. The van der Waals surface area contributed by atoms with Gasteiger partial charge in [0.25, 0.3) is 0 Å². The number of carbonyl (C=O) groups is 1. The zero-order chi connectivity index (χ0) is 9.97. The van der Waals surface area contributed by atoms with Crippen molar-refractivity contribution in [3.05, 3.63) is 47.5 Å². The molecule has 14 heavy (non-hydrogen) atoms. The van der Waals surface area contributed by atoms with Crippen LogP contribution in [-0.2, 0) is 11.2 Å². The van der Waals surface area contributed by atoms with Gasteiger partial charge in [0.05, 0.1) is 0 Å². The molecule has 0 N–H and O–H groups in total. The van der Waals surface area contributed by atoms with Crippen LogP contribution in [0.4, 0.5) is 0 Å². The maximum atomic E-state index is 10.5. The molecule has 0 spiro atoms. The first-order valence-corrected chi connectivity index (χ1v) is 4.74. The summed E-state index contributed by atoms with van der Waals surface area (Å²) in [7, 11) is 0. The molecule has 2 rings (SSSR count). The van der Waals surface area contributed by atoms with Crippen LogP contribution in [0.2, 0.25) is 0 Å². The van der Waals surface area contributed by atoms with E-state index in [0.29, 0.717) is 6.42 Å². The molecule has 0 aromatic heterocycles. The Hall–Kier alpha value is -1.63. The minimum absolute atomic E-state index is 0.511. The summed E-state index contributed by atoms with van der Waals surface area (Å²) in [6.45, 7) is 2.07. The molecule has 70 valence electrons. The van der Waals surface area contributed by atoms with Crippen LogP contribution in [0, 0.1) is 6.92 Å². The predicted octanol–water partition coefficient (Wildman–Crippen LogP) is 2.89. The Bertz CT molecular complexity index is 472. The standard InChI is InChI=1S/C13H12O/c1-10-11(8-9-14)6-7-12-4-2-3-5-13(10)12/h2-7,9H,8H2,1H3. The van der Waals surface area contributed by atoms with Gasteiger partial charge < -0.3 is 4.79 Å². The summed E-state index contributed by atoms with van der Waals surface area (Å²) in [5.41, 5.74) is 2.34. The van der Waals surface area contributed by atoms with Gasteiger partial charge in [-0.2, -0.15) is 0 Å². The number of carbonyl (C=O) groups excluding carboxylic acids is 1.